The number of pyridine rings is 1. The third kappa shape index (κ3) is 3.96. The van der Waals surface area contributed by atoms with Crippen molar-refractivity contribution in [2.45, 2.75) is 38.6 Å². The van der Waals surface area contributed by atoms with Gasteiger partial charge in [-0.25, -0.2) is 9.97 Å². The largest absolute Gasteiger partial charge is 0.436 e. The van der Waals surface area contributed by atoms with Gasteiger partial charge in [-0.05, 0) is 43.2 Å². The van der Waals surface area contributed by atoms with Crippen LogP contribution >= 0.6 is 0 Å². The van der Waals surface area contributed by atoms with E-state index in [0.717, 1.165) is 41.1 Å². The van der Waals surface area contributed by atoms with Crippen LogP contribution < -0.4 is 15.1 Å². The van der Waals surface area contributed by atoms with Crippen molar-refractivity contribution >= 4 is 40.1 Å². The van der Waals surface area contributed by atoms with Gasteiger partial charge in [0.15, 0.2) is 11.4 Å². The number of benzene rings is 1. The highest BCUT2D eigenvalue weighted by molar-refractivity contribution is 5.98. The average molecular weight is 470 g/mol. The predicted molar refractivity (Wildman–Crippen MR) is 135 cm³/mol. The van der Waals surface area contributed by atoms with Gasteiger partial charge >= 0.3 is 0 Å². The minimum absolute atomic E-state index is 0.0949. The standard InChI is InChI=1S/C26H27N7O2/c1-16-15-33(19-5-3-4-6-19)23-21(32(2)25(16)34)14-28-26(31-23)29-18-7-8-22-20(13-18)30-24(35-22)17-9-11-27-12-10-17/h7-14,16,19H,3-6,15H2,1-2H3,(H,28,29,31). The van der Waals surface area contributed by atoms with E-state index in [9.17, 15) is 4.79 Å². The van der Waals surface area contributed by atoms with Crippen LogP contribution in [0.25, 0.3) is 22.6 Å². The second-order valence-electron chi connectivity index (χ2n) is 9.35. The Morgan fingerprint density at radius 3 is 2.69 bits per heavy atom. The maximum Gasteiger partial charge on any atom is 0.231 e. The molecule has 1 fully saturated rings. The predicted octanol–water partition coefficient (Wildman–Crippen LogP) is 4.78. The van der Waals surface area contributed by atoms with Crippen molar-refractivity contribution < 1.29 is 9.21 Å². The first kappa shape index (κ1) is 21.5. The van der Waals surface area contributed by atoms with E-state index >= 15 is 0 Å². The first-order valence-corrected chi connectivity index (χ1v) is 12.1. The summed E-state index contributed by atoms with van der Waals surface area (Å²) in [6.45, 7) is 2.66. The van der Waals surface area contributed by atoms with Crippen LogP contribution in [0.2, 0.25) is 0 Å². The van der Waals surface area contributed by atoms with Crippen molar-refractivity contribution in [2.75, 3.05) is 28.7 Å². The van der Waals surface area contributed by atoms with Gasteiger partial charge in [-0.2, -0.15) is 4.98 Å². The lowest BCUT2D eigenvalue weighted by molar-refractivity contribution is -0.121. The minimum atomic E-state index is -0.102. The average Bonchev–Trinajstić information content (AvgIpc) is 3.55. The first-order chi connectivity index (χ1) is 17.1. The van der Waals surface area contributed by atoms with Crippen LogP contribution in [0.15, 0.2) is 53.3 Å². The van der Waals surface area contributed by atoms with E-state index in [2.05, 4.69) is 25.2 Å². The smallest absolute Gasteiger partial charge is 0.231 e. The number of anilines is 4. The Morgan fingerprint density at radius 2 is 1.89 bits per heavy atom. The second-order valence-corrected chi connectivity index (χ2v) is 9.35. The SMILES string of the molecule is CC1CN(C2CCCC2)c2nc(Nc3ccc4oc(-c5ccncc5)nc4c3)ncc2N(C)C1=O. The fourth-order valence-corrected chi connectivity index (χ4v) is 5.07. The molecule has 35 heavy (non-hydrogen) atoms. The van der Waals surface area contributed by atoms with Crippen LogP contribution in [-0.2, 0) is 4.79 Å². The molecule has 0 bridgehead atoms. The summed E-state index contributed by atoms with van der Waals surface area (Å²) < 4.78 is 5.91. The van der Waals surface area contributed by atoms with Gasteiger partial charge in [-0.15, -0.1) is 0 Å². The van der Waals surface area contributed by atoms with Crippen LogP contribution in [0.3, 0.4) is 0 Å². The second kappa shape index (κ2) is 8.65. The van der Waals surface area contributed by atoms with Crippen LogP contribution in [0, 0.1) is 5.92 Å². The molecule has 2 aliphatic rings. The Morgan fingerprint density at radius 1 is 1.09 bits per heavy atom. The summed E-state index contributed by atoms with van der Waals surface area (Å²) in [5.74, 6) is 1.85. The summed E-state index contributed by atoms with van der Waals surface area (Å²) in [6.07, 6.45) is 9.85. The third-order valence-electron chi connectivity index (χ3n) is 6.94. The summed E-state index contributed by atoms with van der Waals surface area (Å²) >= 11 is 0. The van der Waals surface area contributed by atoms with Crippen LogP contribution in [0.1, 0.15) is 32.6 Å². The van der Waals surface area contributed by atoms with Crippen molar-refractivity contribution in [2.24, 2.45) is 5.92 Å². The normalized spacial score (nSPS) is 18.7. The summed E-state index contributed by atoms with van der Waals surface area (Å²) in [5, 5.41) is 3.32. The minimum Gasteiger partial charge on any atom is -0.436 e. The summed E-state index contributed by atoms with van der Waals surface area (Å²) in [5.41, 5.74) is 3.88. The number of fused-ring (bicyclic) bond motifs is 2. The van der Waals surface area contributed by atoms with E-state index in [0.29, 0.717) is 30.0 Å². The number of nitrogens with one attached hydrogen (secondary N) is 1. The number of rotatable bonds is 4. The molecule has 0 radical (unpaired) electrons. The highest BCUT2D eigenvalue weighted by Gasteiger charge is 2.35. The summed E-state index contributed by atoms with van der Waals surface area (Å²) in [4.78, 5) is 35.0. The fraction of sp³-hybridized carbons (Fsp3) is 0.346. The van der Waals surface area contributed by atoms with E-state index in [1.54, 1.807) is 23.5 Å². The van der Waals surface area contributed by atoms with Crippen molar-refractivity contribution in [3.05, 3.63) is 48.9 Å². The lowest BCUT2D eigenvalue weighted by Crippen LogP contribution is -2.38. The maximum atomic E-state index is 12.9. The monoisotopic (exact) mass is 469 g/mol. The molecular formula is C26H27N7O2. The van der Waals surface area contributed by atoms with Gasteiger partial charge in [-0.1, -0.05) is 19.8 Å². The van der Waals surface area contributed by atoms with Crippen molar-refractivity contribution in [1.82, 2.24) is 19.9 Å². The van der Waals surface area contributed by atoms with E-state index < -0.39 is 0 Å². The molecule has 1 aromatic carbocycles. The molecule has 9 nitrogen and oxygen atoms in total. The molecule has 178 valence electrons. The maximum absolute atomic E-state index is 12.9. The number of hydrogen-bond donors (Lipinski definition) is 1. The molecular weight excluding hydrogens is 442 g/mol. The van der Waals surface area contributed by atoms with Crippen LogP contribution in [0.4, 0.5) is 23.1 Å². The highest BCUT2D eigenvalue weighted by atomic mass is 16.3. The number of aromatic nitrogens is 4. The Balaban J connectivity index is 1.33. The molecule has 6 rings (SSSR count). The number of amides is 1. The van der Waals surface area contributed by atoms with E-state index in [1.165, 1.54) is 12.8 Å². The fourth-order valence-electron chi connectivity index (χ4n) is 5.07. The Bertz CT molecular complexity index is 1380. The van der Waals surface area contributed by atoms with Crippen LogP contribution in [-0.4, -0.2) is 45.5 Å². The molecule has 4 aromatic rings. The van der Waals surface area contributed by atoms with Gasteiger partial charge in [0.2, 0.25) is 17.7 Å². The number of oxazole rings is 1. The summed E-state index contributed by atoms with van der Waals surface area (Å²) in [6, 6.07) is 9.86. The quantitative estimate of drug-likeness (QED) is 0.456. The Kier molecular flexibility index (Phi) is 5.32. The first-order valence-electron chi connectivity index (χ1n) is 12.1. The lowest BCUT2D eigenvalue weighted by Gasteiger charge is -2.31. The molecule has 1 aliphatic carbocycles. The van der Waals surface area contributed by atoms with Crippen LogP contribution in [0.5, 0.6) is 0 Å². The zero-order chi connectivity index (χ0) is 23.9. The topological polar surface area (TPSA) is 100 Å². The molecule has 0 saturated heterocycles. The van der Waals surface area contributed by atoms with Gasteiger partial charge in [0.1, 0.15) is 11.2 Å². The van der Waals surface area contributed by atoms with E-state index in [-0.39, 0.29) is 11.8 Å². The number of carbonyl (C=O) groups excluding carboxylic acids is 1. The summed E-state index contributed by atoms with van der Waals surface area (Å²) in [7, 11) is 1.81. The highest BCUT2D eigenvalue weighted by Crippen LogP contribution is 2.37. The number of hydrogen-bond acceptors (Lipinski definition) is 8. The molecule has 1 unspecified atom stereocenters. The molecule has 1 N–H and O–H groups in total. The molecule has 0 spiro atoms. The van der Waals surface area contributed by atoms with Gasteiger partial charge in [-0.3, -0.25) is 9.78 Å². The molecule has 4 heterocycles. The Hall–Kier alpha value is -4.01. The van der Waals surface area contributed by atoms with Gasteiger partial charge in [0.25, 0.3) is 0 Å². The van der Waals surface area contributed by atoms with Crippen molar-refractivity contribution in [1.29, 1.82) is 0 Å². The van der Waals surface area contributed by atoms with E-state index in [1.807, 2.05) is 44.3 Å². The third-order valence-corrected chi connectivity index (χ3v) is 6.94. The van der Waals surface area contributed by atoms with Crippen molar-refractivity contribution in [3.8, 4) is 11.5 Å². The zero-order valence-electron chi connectivity index (χ0n) is 19.8. The molecule has 1 saturated carbocycles. The molecule has 1 amide bonds. The zero-order valence-corrected chi connectivity index (χ0v) is 19.8. The lowest BCUT2D eigenvalue weighted by atomic mass is 10.1. The Labute approximate surface area is 203 Å². The van der Waals surface area contributed by atoms with Gasteiger partial charge < -0.3 is 19.5 Å². The van der Waals surface area contributed by atoms with E-state index in [4.69, 9.17) is 9.40 Å². The van der Waals surface area contributed by atoms with Gasteiger partial charge in [0, 0.05) is 43.3 Å². The molecule has 1 atom stereocenters. The molecule has 9 heteroatoms. The number of nitrogens with zero attached hydrogens (tertiary/aromatic N) is 6. The molecule has 3 aromatic heterocycles. The van der Waals surface area contributed by atoms with Gasteiger partial charge in [0.05, 0.1) is 12.1 Å². The number of carbonyl (C=O) groups is 1. The molecule has 1 aliphatic heterocycles. The van der Waals surface area contributed by atoms with Crippen molar-refractivity contribution in [3.63, 3.8) is 0 Å².